The summed E-state index contributed by atoms with van der Waals surface area (Å²) in [6.45, 7) is 2.33. The molecule has 6 nitrogen and oxygen atoms in total. The molecule has 1 aliphatic heterocycles. The van der Waals surface area contributed by atoms with Crippen molar-refractivity contribution in [3.05, 3.63) is 12.3 Å². The first-order valence-corrected chi connectivity index (χ1v) is 6.86. The lowest BCUT2D eigenvalue weighted by Gasteiger charge is -2.33. The topological polar surface area (TPSA) is 89.2 Å². The SMILES string of the molecule is CC1CS(=O)(=O)CCN1c1ccnc(N)n1. The maximum absolute atomic E-state index is 11.4. The number of anilines is 2. The first-order valence-electron chi connectivity index (χ1n) is 5.03. The molecule has 1 aromatic heterocycles. The monoisotopic (exact) mass is 242 g/mol. The van der Waals surface area contributed by atoms with Crippen LogP contribution in [-0.2, 0) is 9.84 Å². The van der Waals surface area contributed by atoms with Gasteiger partial charge in [0.25, 0.3) is 0 Å². The zero-order chi connectivity index (χ0) is 11.8. The van der Waals surface area contributed by atoms with E-state index in [0.717, 1.165) is 0 Å². The van der Waals surface area contributed by atoms with Crippen LogP contribution in [0, 0.1) is 0 Å². The second-order valence-electron chi connectivity index (χ2n) is 3.93. The Balaban J connectivity index is 2.24. The summed E-state index contributed by atoms with van der Waals surface area (Å²) in [5.41, 5.74) is 5.50. The van der Waals surface area contributed by atoms with Crippen molar-refractivity contribution in [3.63, 3.8) is 0 Å². The lowest BCUT2D eigenvalue weighted by molar-refractivity contribution is 0.567. The molecule has 0 radical (unpaired) electrons. The summed E-state index contributed by atoms with van der Waals surface area (Å²) in [7, 11) is -2.90. The zero-order valence-corrected chi connectivity index (χ0v) is 9.81. The number of nitrogens with two attached hydrogens (primary N) is 1. The summed E-state index contributed by atoms with van der Waals surface area (Å²) in [6.07, 6.45) is 1.58. The predicted molar refractivity (Wildman–Crippen MR) is 61.9 cm³/mol. The number of rotatable bonds is 1. The van der Waals surface area contributed by atoms with E-state index < -0.39 is 9.84 Å². The van der Waals surface area contributed by atoms with E-state index in [4.69, 9.17) is 5.73 Å². The lowest BCUT2D eigenvalue weighted by atomic mass is 10.3. The molecule has 7 heteroatoms. The van der Waals surface area contributed by atoms with Gasteiger partial charge >= 0.3 is 0 Å². The minimum Gasteiger partial charge on any atom is -0.368 e. The Morgan fingerprint density at radius 1 is 1.56 bits per heavy atom. The Kier molecular flexibility index (Phi) is 2.71. The van der Waals surface area contributed by atoms with Crippen molar-refractivity contribution in [2.45, 2.75) is 13.0 Å². The van der Waals surface area contributed by atoms with Crippen LogP contribution in [0.5, 0.6) is 0 Å². The standard InChI is InChI=1S/C9H14N4O2S/c1-7-6-16(14,15)5-4-13(7)8-2-3-11-9(10)12-8/h2-3,7H,4-6H2,1H3,(H2,10,11,12). The molecule has 16 heavy (non-hydrogen) atoms. The second kappa shape index (κ2) is 3.89. The second-order valence-corrected chi connectivity index (χ2v) is 6.16. The molecule has 0 aromatic carbocycles. The van der Waals surface area contributed by atoms with Crippen LogP contribution >= 0.6 is 0 Å². The highest BCUT2D eigenvalue weighted by molar-refractivity contribution is 7.91. The molecule has 88 valence electrons. The molecule has 1 atom stereocenters. The fourth-order valence-corrected chi connectivity index (χ4v) is 3.42. The van der Waals surface area contributed by atoms with Crippen LogP contribution in [-0.4, -0.2) is 42.5 Å². The number of hydrogen-bond donors (Lipinski definition) is 1. The third kappa shape index (κ3) is 2.24. The van der Waals surface area contributed by atoms with Crippen LogP contribution in [0.3, 0.4) is 0 Å². The molecule has 0 saturated carbocycles. The van der Waals surface area contributed by atoms with Crippen molar-refractivity contribution in [2.24, 2.45) is 0 Å². The zero-order valence-electron chi connectivity index (χ0n) is 9.00. The molecule has 0 spiro atoms. The minimum absolute atomic E-state index is 0.0759. The van der Waals surface area contributed by atoms with Gasteiger partial charge < -0.3 is 10.6 Å². The Morgan fingerprint density at radius 3 is 2.94 bits per heavy atom. The summed E-state index contributed by atoms with van der Waals surface area (Å²) in [5, 5.41) is 0. The number of nitrogen functional groups attached to an aromatic ring is 1. The maximum Gasteiger partial charge on any atom is 0.221 e. The normalized spacial score (nSPS) is 24.3. The molecule has 2 N–H and O–H groups in total. The van der Waals surface area contributed by atoms with E-state index in [1.54, 1.807) is 12.3 Å². The first-order chi connectivity index (χ1) is 7.48. The highest BCUT2D eigenvalue weighted by atomic mass is 32.2. The van der Waals surface area contributed by atoms with E-state index in [1.165, 1.54) is 0 Å². The summed E-state index contributed by atoms with van der Waals surface area (Å²) in [5.74, 6) is 1.23. The van der Waals surface area contributed by atoms with Gasteiger partial charge in [0.15, 0.2) is 9.84 Å². The Hall–Kier alpha value is -1.37. The summed E-state index contributed by atoms with van der Waals surface area (Å²) < 4.78 is 22.8. The molecular formula is C9H14N4O2S. The molecule has 1 saturated heterocycles. The van der Waals surface area contributed by atoms with E-state index in [-0.39, 0.29) is 23.5 Å². The molecule has 1 aromatic rings. The molecule has 2 rings (SSSR count). The number of aromatic nitrogens is 2. The molecule has 1 fully saturated rings. The van der Waals surface area contributed by atoms with Crippen molar-refractivity contribution in [2.75, 3.05) is 28.7 Å². The van der Waals surface area contributed by atoms with Crippen molar-refractivity contribution < 1.29 is 8.42 Å². The van der Waals surface area contributed by atoms with Crippen molar-refractivity contribution in [1.82, 2.24) is 9.97 Å². The third-order valence-electron chi connectivity index (χ3n) is 2.62. The van der Waals surface area contributed by atoms with Crippen molar-refractivity contribution in [1.29, 1.82) is 0 Å². The Bertz CT molecular complexity index is 488. The fraction of sp³-hybridized carbons (Fsp3) is 0.556. The summed E-state index contributed by atoms with van der Waals surface area (Å²) in [4.78, 5) is 9.85. The smallest absolute Gasteiger partial charge is 0.221 e. The van der Waals surface area contributed by atoms with Crippen LogP contribution in [0.1, 0.15) is 6.92 Å². The minimum atomic E-state index is -2.90. The van der Waals surface area contributed by atoms with Crippen LogP contribution in [0.25, 0.3) is 0 Å². The largest absolute Gasteiger partial charge is 0.368 e. The Labute approximate surface area is 94.4 Å². The van der Waals surface area contributed by atoms with E-state index in [1.807, 2.05) is 11.8 Å². The molecule has 0 amide bonds. The predicted octanol–water partition coefficient (Wildman–Crippen LogP) is -0.318. The van der Waals surface area contributed by atoms with E-state index >= 15 is 0 Å². The number of nitrogens with zero attached hydrogens (tertiary/aromatic N) is 3. The van der Waals surface area contributed by atoms with Gasteiger partial charge in [-0.15, -0.1) is 0 Å². The summed E-state index contributed by atoms with van der Waals surface area (Å²) >= 11 is 0. The molecule has 0 bridgehead atoms. The van der Waals surface area contributed by atoms with Crippen molar-refractivity contribution >= 4 is 21.6 Å². The maximum atomic E-state index is 11.4. The molecule has 0 aliphatic carbocycles. The molecule has 1 aliphatic rings. The molecule has 1 unspecified atom stereocenters. The van der Waals surface area contributed by atoms with Gasteiger partial charge in [-0.25, -0.2) is 13.4 Å². The summed E-state index contributed by atoms with van der Waals surface area (Å²) in [6, 6.07) is 1.66. The Morgan fingerprint density at radius 2 is 2.31 bits per heavy atom. The van der Waals surface area contributed by atoms with Crippen LogP contribution in [0.4, 0.5) is 11.8 Å². The lowest BCUT2D eigenvalue weighted by Crippen LogP contribution is -2.47. The van der Waals surface area contributed by atoms with Crippen LogP contribution < -0.4 is 10.6 Å². The van der Waals surface area contributed by atoms with Gasteiger partial charge in [-0.05, 0) is 13.0 Å². The van der Waals surface area contributed by atoms with Crippen LogP contribution in [0.2, 0.25) is 0 Å². The molecular weight excluding hydrogens is 228 g/mol. The van der Waals surface area contributed by atoms with Gasteiger partial charge in [0.1, 0.15) is 5.82 Å². The van der Waals surface area contributed by atoms with E-state index in [9.17, 15) is 8.42 Å². The van der Waals surface area contributed by atoms with Gasteiger partial charge in [-0.3, -0.25) is 0 Å². The quantitative estimate of drug-likeness (QED) is 0.726. The average molecular weight is 242 g/mol. The van der Waals surface area contributed by atoms with Crippen LogP contribution in [0.15, 0.2) is 12.3 Å². The van der Waals surface area contributed by atoms with Gasteiger partial charge in [-0.2, -0.15) is 4.98 Å². The first kappa shape index (κ1) is 11.1. The molecule has 2 heterocycles. The van der Waals surface area contributed by atoms with Gasteiger partial charge in [0, 0.05) is 18.8 Å². The third-order valence-corrected chi connectivity index (χ3v) is 4.42. The average Bonchev–Trinajstić information content (AvgIpc) is 2.15. The van der Waals surface area contributed by atoms with Crippen molar-refractivity contribution in [3.8, 4) is 0 Å². The highest BCUT2D eigenvalue weighted by Gasteiger charge is 2.28. The number of sulfone groups is 1. The number of hydrogen-bond acceptors (Lipinski definition) is 6. The van der Waals surface area contributed by atoms with Gasteiger partial charge in [0.05, 0.1) is 11.5 Å². The fourth-order valence-electron chi connectivity index (χ4n) is 1.86. The highest BCUT2D eigenvalue weighted by Crippen LogP contribution is 2.19. The van der Waals surface area contributed by atoms with E-state index in [0.29, 0.717) is 12.4 Å². The van der Waals surface area contributed by atoms with Gasteiger partial charge in [0.2, 0.25) is 5.95 Å². The van der Waals surface area contributed by atoms with Gasteiger partial charge in [-0.1, -0.05) is 0 Å². The van der Waals surface area contributed by atoms with E-state index in [2.05, 4.69) is 9.97 Å².